The van der Waals surface area contributed by atoms with Crippen LogP contribution in [0.1, 0.15) is 5.69 Å². The predicted molar refractivity (Wildman–Crippen MR) is 62.4 cm³/mol. The summed E-state index contributed by atoms with van der Waals surface area (Å²) in [5, 5.41) is 7.88. The van der Waals surface area contributed by atoms with E-state index in [-0.39, 0.29) is 0 Å². The summed E-state index contributed by atoms with van der Waals surface area (Å²) in [6.45, 7) is 0.424. The first kappa shape index (κ1) is 9.44. The molecule has 0 saturated carbocycles. The monoisotopic (exact) mass is 231 g/mol. The molecule has 0 atom stereocenters. The topological polar surface area (TPSA) is 69.6 Å². The highest BCUT2D eigenvalue weighted by molar-refractivity contribution is 7.16. The average molecular weight is 231 g/mol. The van der Waals surface area contributed by atoms with Crippen LogP contribution in [0.25, 0.3) is 15.9 Å². The maximum atomic E-state index is 5.61. The molecule has 0 amide bonds. The minimum atomic E-state index is 0.424. The average Bonchev–Trinajstić information content (AvgIpc) is 2.96. The van der Waals surface area contributed by atoms with Gasteiger partial charge in [0, 0.05) is 6.54 Å². The molecule has 0 bridgehead atoms. The van der Waals surface area contributed by atoms with Crippen LogP contribution in [-0.2, 0) is 6.54 Å². The Morgan fingerprint density at radius 1 is 1.38 bits per heavy atom. The smallest absolute Gasteiger partial charge is 0.0813 e. The van der Waals surface area contributed by atoms with Gasteiger partial charge in [0.05, 0.1) is 33.3 Å². The molecule has 6 heteroatoms. The standard InChI is InChI=1S/C10H9N5S/c11-4-8-5-13-14-15(8)7-1-2-9-10(3-7)16-6-12-9/h1-3,5-6H,4,11H2. The SMILES string of the molecule is NCc1cnnn1-c1ccc2ncsc2c1. The van der Waals surface area contributed by atoms with Crippen molar-refractivity contribution in [1.82, 2.24) is 20.0 Å². The van der Waals surface area contributed by atoms with Crippen molar-refractivity contribution < 1.29 is 0 Å². The van der Waals surface area contributed by atoms with E-state index in [9.17, 15) is 0 Å². The number of fused-ring (bicyclic) bond motifs is 1. The Bertz CT molecular complexity index is 627. The van der Waals surface area contributed by atoms with E-state index in [1.165, 1.54) is 0 Å². The van der Waals surface area contributed by atoms with E-state index in [0.717, 1.165) is 21.6 Å². The summed E-state index contributed by atoms with van der Waals surface area (Å²) in [6.07, 6.45) is 1.68. The number of hydrogen-bond donors (Lipinski definition) is 1. The molecule has 5 nitrogen and oxygen atoms in total. The van der Waals surface area contributed by atoms with E-state index in [1.54, 1.807) is 22.2 Å². The molecule has 3 rings (SSSR count). The lowest BCUT2D eigenvalue weighted by molar-refractivity contribution is 0.762. The zero-order chi connectivity index (χ0) is 11.0. The molecule has 0 aliphatic heterocycles. The van der Waals surface area contributed by atoms with Crippen molar-refractivity contribution in [3.05, 3.63) is 35.6 Å². The Hall–Kier alpha value is -1.79. The molecule has 2 N–H and O–H groups in total. The third-order valence-electron chi connectivity index (χ3n) is 2.39. The normalized spacial score (nSPS) is 11.1. The number of thiazole rings is 1. The van der Waals surface area contributed by atoms with Gasteiger partial charge in [0.1, 0.15) is 0 Å². The molecule has 0 aliphatic rings. The van der Waals surface area contributed by atoms with Crippen LogP contribution in [0.15, 0.2) is 29.9 Å². The van der Waals surface area contributed by atoms with Gasteiger partial charge in [-0.25, -0.2) is 9.67 Å². The summed E-state index contributed by atoms with van der Waals surface area (Å²) < 4.78 is 2.88. The molecule has 0 unspecified atom stereocenters. The second-order valence-electron chi connectivity index (χ2n) is 3.35. The van der Waals surface area contributed by atoms with Gasteiger partial charge in [-0.1, -0.05) is 5.21 Å². The number of rotatable bonds is 2. The summed E-state index contributed by atoms with van der Waals surface area (Å²) in [7, 11) is 0. The Balaban J connectivity index is 2.18. The quantitative estimate of drug-likeness (QED) is 0.722. The van der Waals surface area contributed by atoms with Gasteiger partial charge >= 0.3 is 0 Å². The van der Waals surface area contributed by atoms with Crippen LogP contribution in [0, 0.1) is 0 Å². The molecule has 0 spiro atoms. The summed E-state index contributed by atoms with van der Waals surface area (Å²) >= 11 is 1.61. The third kappa shape index (κ3) is 1.39. The fourth-order valence-electron chi connectivity index (χ4n) is 1.59. The van der Waals surface area contributed by atoms with E-state index in [1.807, 2.05) is 23.7 Å². The molecular weight excluding hydrogens is 222 g/mol. The Kier molecular flexibility index (Phi) is 2.16. The zero-order valence-electron chi connectivity index (χ0n) is 8.37. The van der Waals surface area contributed by atoms with Crippen LogP contribution in [0.2, 0.25) is 0 Å². The Labute approximate surface area is 95.5 Å². The van der Waals surface area contributed by atoms with Crippen molar-refractivity contribution in [3.8, 4) is 5.69 Å². The molecule has 80 valence electrons. The maximum absolute atomic E-state index is 5.61. The lowest BCUT2D eigenvalue weighted by atomic mass is 10.3. The highest BCUT2D eigenvalue weighted by atomic mass is 32.1. The van der Waals surface area contributed by atoms with Crippen LogP contribution >= 0.6 is 11.3 Å². The first-order valence-corrected chi connectivity index (χ1v) is 5.70. The second kappa shape index (κ2) is 3.66. The van der Waals surface area contributed by atoms with Crippen LogP contribution in [0.4, 0.5) is 0 Å². The summed E-state index contributed by atoms with van der Waals surface area (Å²) in [4.78, 5) is 4.23. The number of aromatic nitrogens is 4. The lowest BCUT2D eigenvalue weighted by Crippen LogP contribution is -2.06. The summed E-state index contributed by atoms with van der Waals surface area (Å²) in [6, 6.07) is 5.99. The fraction of sp³-hybridized carbons (Fsp3) is 0.100. The first-order valence-electron chi connectivity index (χ1n) is 4.82. The minimum absolute atomic E-state index is 0.424. The van der Waals surface area contributed by atoms with Crippen molar-refractivity contribution in [3.63, 3.8) is 0 Å². The molecule has 0 fully saturated rings. The van der Waals surface area contributed by atoms with E-state index < -0.39 is 0 Å². The van der Waals surface area contributed by atoms with Crippen molar-refractivity contribution in [2.75, 3.05) is 0 Å². The van der Waals surface area contributed by atoms with Crippen molar-refractivity contribution >= 4 is 21.6 Å². The third-order valence-corrected chi connectivity index (χ3v) is 3.18. The van der Waals surface area contributed by atoms with Gasteiger partial charge in [-0.15, -0.1) is 16.4 Å². The minimum Gasteiger partial charge on any atom is -0.325 e. The molecule has 0 radical (unpaired) electrons. The molecule has 0 aliphatic carbocycles. The van der Waals surface area contributed by atoms with Gasteiger partial charge < -0.3 is 5.73 Å². The summed E-state index contributed by atoms with van der Waals surface area (Å²) in [5.74, 6) is 0. The Morgan fingerprint density at radius 2 is 2.31 bits per heavy atom. The number of nitrogens with two attached hydrogens (primary N) is 1. The number of nitrogens with zero attached hydrogens (tertiary/aromatic N) is 4. The molecule has 1 aromatic carbocycles. The van der Waals surface area contributed by atoms with Crippen molar-refractivity contribution in [2.45, 2.75) is 6.54 Å². The highest BCUT2D eigenvalue weighted by Crippen LogP contribution is 2.21. The van der Waals surface area contributed by atoms with E-state index in [0.29, 0.717) is 6.54 Å². The molecule has 2 aromatic heterocycles. The lowest BCUT2D eigenvalue weighted by Gasteiger charge is -2.03. The van der Waals surface area contributed by atoms with Gasteiger partial charge in [0.25, 0.3) is 0 Å². The van der Waals surface area contributed by atoms with E-state index in [2.05, 4.69) is 15.3 Å². The van der Waals surface area contributed by atoms with Crippen LogP contribution in [-0.4, -0.2) is 20.0 Å². The Morgan fingerprint density at radius 3 is 3.19 bits per heavy atom. The molecular formula is C10H9N5S. The van der Waals surface area contributed by atoms with E-state index in [4.69, 9.17) is 5.73 Å². The molecule has 2 heterocycles. The van der Waals surface area contributed by atoms with Gasteiger partial charge in [-0.2, -0.15) is 0 Å². The van der Waals surface area contributed by atoms with Crippen LogP contribution in [0.3, 0.4) is 0 Å². The maximum Gasteiger partial charge on any atom is 0.0813 e. The molecule has 16 heavy (non-hydrogen) atoms. The predicted octanol–water partition coefficient (Wildman–Crippen LogP) is 1.34. The fourth-order valence-corrected chi connectivity index (χ4v) is 2.30. The number of benzene rings is 1. The largest absolute Gasteiger partial charge is 0.325 e. The molecule has 0 saturated heterocycles. The zero-order valence-corrected chi connectivity index (χ0v) is 9.18. The van der Waals surface area contributed by atoms with Gasteiger partial charge in [-0.05, 0) is 18.2 Å². The van der Waals surface area contributed by atoms with Gasteiger partial charge in [-0.3, -0.25) is 0 Å². The van der Waals surface area contributed by atoms with Gasteiger partial charge in [0.2, 0.25) is 0 Å². The second-order valence-corrected chi connectivity index (χ2v) is 4.23. The summed E-state index contributed by atoms with van der Waals surface area (Å²) in [5.41, 5.74) is 10.3. The van der Waals surface area contributed by atoms with Crippen molar-refractivity contribution in [1.29, 1.82) is 0 Å². The van der Waals surface area contributed by atoms with Crippen molar-refractivity contribution in [2.24, 2.45) is 5.73 Å². The van der Waals surface area contributed by atoms with Gasteiger partial charge in [0.15, 0.2) is 0 Å². The van der Waals surface area contributed by atoms with E-state index >= 15 is 0 Å². The first-order chi connectivity index (χ1) is 7.88. The highest BCUT2D eigenvalue weighted by Gasteiger charge is 2.06. The molecule has 3 aromatic rings. The van der Waals surface area contributed by atoms with Crippen LogP contribution < -0.4 is 5.73 Å². The number of hydrogen-bond acceptors (Lipinski definition) is 5. The van der Waals surface area contributed by atoms with Crippen LogP contribution in [0.5, 0.6) is 0 Å².